The van der Waals surface area contributed by atoms with E-state index in [1.807, 2.05) is 13.8 Å². The fourth-order valence-corrected chi connectivity index (χ4v) is 4.80. The maximum absolute atomic E-state index is 12.9. The summed E-state index contributed by atoms with van der Waals surface area (Å²) in [6.07, 6.45) is 3.67. The van der Waals surface area contributed by atoms with Crippen LogP contribution >= 0.6 is 0 Å². The van der Waals surface area contributed by atoms with E-state index < -0.39 is 9.84 Å². The quantitative estimate of drug-likeness (QED) is 0.619. The largest absolute Gasteiger partial charge is 0.289 e. The minimum absolute atomic E-state index is 0.104. The Morgan fingerprint density at radius 3 is 2.56 bits per heavy atom. The molecule has 1 aliphatic rings. The van der Waals surface area contributed by atoms with Crippen molar-refractivity contribution >= 4 is 21.7 Å². The molecule has 0 N–H and O–H groups in total. The molecule has 0 unspecified atom stereocenters. The normalized spacial score (nSPS) is 19.6. The summed E-state index contributed by atoms with van der Waals surface area (Å²) < 4.78 is 38.1. The van der Waals surface area contributed by atoms with Crippen LogP contribution < -0.4 is 0 Å². The standard InChI is InChI=1S/C18H19FN2O3S/c1-12-17(7-8-18(22)14-3-5-15(19)6-4-14)13(2)21(20-12)16-9-10-25(23,24)11-16/h3-8,16H,9-11H2,1-2H3/b8-7+/t16-/m0/s1. The summed E-state index contributed by atoms with van der Waals surface area (Å²) in [4.78, 5) is 12.2. The monoisotopic (exact) mass is 362 g/mol. The van der Waals surface area contributed by atoms with Gasteiger partial charge in [0.15, 0.2) is 15.6 Å². The maximum Gasteiger partial charge on any atom is 0.185 e. The first-order chi connectivity index (χ1) is 11.8. The Morgan fingerprint density at radius 1 is 1.28 bits per heavy atom. The first-order valence-electron chi connectivity index (χ1n) is 8.01. The molecule has 0 radical (unpaired) electrons. The number of nitrogens with zero attached hydrogens (tertiary/aromatic N) is 2. The van der Waals surface area contributed by atoms with E-state index in [9.17, 15) is 17.6 Å². The summed E-state index contributed by atoms with van der Waals surface area (Å²) >= 11 is 0. The van der Waals surface area contributed by atoms with Crippen molar-refractivity contribution in [3.8, 4) is 0 Å². The summed E-state index contributed by atoms with van der Waals surface area (Å²) in [7, 11) is -2.99. The number of rotatable bonds is 4. The smallest absolute Gasteiger partial charge is 0.185 e. The lowest BCUT2D eigenvalue weighted by Crippen LogP contribution is -2.13. The molecule has 0 aliphatic carbocycles. The predicted molar refractivity (Wildman–Crippen MR) is 93.8 cm³/mol. The molecular weight excluding hydrogens is 343 g/mol. The lowest BCUT2D eigenvalue weighted by molar-refractivity contribution is 0.104. The van der Waals surface area contributed by atoms with E-state index in [2.05, 4.69) is 5.10 Å². The minimum atomic E-state index is -2.99. The predicted octanol–water partition coefficient (Wildman–Crippen LogP) is 2.89. The number of aryl methyl sites for hydroxylation is 1. The topological polar surface area (TPSA) is 69.0 Å². The van der Waals surface area contributed by atoms with E-state index in [1.165, 1.54) is 30.3 Å². The SMILES string of the molecule is Cc1nn([C@H]2CCS(=O)(=O)C2)c(C)c1/C=C/C(=O)c1ccc(F)cc1. The van der Waals surface area contributed by atoms with Crippen LogP contribution in [0.1, 0.15) is 39.8 Å². The number of allylic oxidation sites excluding steroid dienone is 1. The Morgan fingerprint density at radius 2 is 1.96 bits per heavy atom. The van der Waals surface area contributed by atoms with Gasteiger partial charge < -0.3 is 0 Å². The number of benzene rings is 1. The molecular formula is C18H19FN2O3S. The first-order valence-corrected chi connectivity index (χ1v) is 9.83. The number of aromatic nitrogens is 2. The second kappa shape index (κ2) is 6.55. The van der Waals surface area contributed by atoms with Crippen LogP contribution in [0.2, 0.25) is 0 Å². The third-order valence-electron chi connectivity index (χ3n) is 4.47. The molecule has 0 spiro atoms. The average Bonchev–Trinajstić information content (AvgIpc) is 3.05. The van der Waals surface area contributed by atoms with Crippen LogP contribution in [0.25, 0.3) is 6.08 Å². The number of hydrogen-bond acceptors (Lipinski definition) is 4. The van der Waals surface area contributed by atoms with E-state index in [-0.39, 0.29) is 29.1 Å². The molecule has 1 aromatic heterocycles. The van der Waals surface area contributed by atoms with Gasteiger partial charge in [0.1, 0.15) is 5.82 Å². The van der Waals surface area contributed by atoms with Gasteiger partial charge in [-0.05, 0) is 56.7 Å². The van der Waals surface area contributed by atoms with Gasteiger partial charge in [0.25, 0.3) is 0 Å². The van der Waals surface area contributed by atoms with E-state index in [1.54, 1.807) is 10.8 Å². The molecule has 1 saturated heterocycles. The molecule has 5 nitrogen and oxygen atoms in total. The van der Waals surface area contributed by atoms with Crippen LogP contribution in [0.5, 0.6) is 0 Å². The third-order valence-corrected chi connectivity index (χ3v) is 6.22. The Bertz CT molecular complexity index is 943. The van der Waals surface area contributed by atoms with Gasteiger partial charge in [-0.2, -0.15) is 5.10 Å². The van der Waals surface area contributed by atoms with Gasteiger partial charge in [-0.1, -0.05) is 0 Å². The number of carbonyl (C=O) groups excluding carboxylic acids is 1. The van der Waals surface area contributed by atoms with Crippen molar-refractivity contribution in [2.24, 2.45) is 0 Å². The summed E-state index contributed by atoms with van der Waals surface area (Å²) in [5, 5.41) is 4.46. The molecule has 0 bridgehead atoms. The fourth-order valence-electron chi connectivity index (χ4n) is 3.11. The summed E-state index contributed by atoms with van der Waals surface area (Å²) in [5.41, 5.74) is 2.79. The molecule has 1 aliphatic heterocycles. The summed E-state index contributed by atoms with van der Waals surface area (Å²) in [6.45, 7) is 3.70. The zero-order valence-corrected chi connectivity index (χ0v) is 14.9. The Kier molecular flexibility index (Phi) is 4.60. The van der Waals surface area contributed by atoms with Gasteiger partial charge in [-0.3, -0.25) is 9.48 Å². The van der Waals surface area contributed by atoms with Crippen molar-refractivity contribution in [2.45, 2.75) is 26.3 Å². The lowest BCUT2D eigenvalue weighted by Gasteiger charge is -2.10. The third kappa shape index (κ3) is 3.71. The highest BCUT2D eigenvalue weighted by molar-refractivity contribution is 7.91. The molecule has 0 amide bonds. The molecule has 0 saturated carbocycles. The van der Waals surface area contributed by atoms with Crippen molar-refractivity contribution < 1.29 is 17.6 Å². The van der Waals surface area contributed by atoms with Crippen molar-refractivity contribution in [1.29, 1.82) is 0 Å². The zero-order valence-electron chi connectivity index (χ0n) is 14.1. The van der Waals surface area contributed by atoms with E-state index >= 15 is 0 Å². The fraction of sp³-hybridized carbons (Fsp3) is 0.333. The summed E-state index contributed by atoms with van der Waals surface area (Å²) in [5.74, 6) is -0.327. The van der Waals surface area contributed by atoms with Gasteiger partial charge in [0.05, 0.1) is 23.2 Å². The molecule has 7 heteroatoms. The highest BCUT2D eigenvalue weighted by atomic mass is 32.2. The molecule has 3 rings (SSSR count). The first kappa shape index (κ1) is 17.5. The number of hydrogen-bond donors (Lipinski definition) is 0. The maximum atomic E-state index is 12.9. The molecule has 1 aromatic carbocycles. The highest BCUT2D eigenvalue weighted by Crippen LogP contribution is 2.27. The number of sulfone groups is 1. The zero-order chi connectivity index (χ0) is 18.2. The van der Waals surface area contributed by atoms with Gasteiger partial charge in [-0.15, -0.1) is 0 Å². The van der Waals surface area contributed by atoms with Gasteiger partial charge >= 0.3 is 0 Å². The van der Waals surface area contributed by atoms with Crippen molar-refractivity contribution in [2.75, 3.05) is 11.5 Å². The van der Waals surface area contributed by atoms with Crippen molar-refractivity contribution in [3.05, 3.63) is 58.7 Å². The Balaban J connectivity index is 1.83. The van der Waals surface area contributed by atoms with Crippen LogP contribution in [0.15, 0.2) is 30.3 Å². The second-order valence-electron chi connectivity index (χ2n) is 6.29. The van der Waals surface area contributed by atoms with Crippen LogP contribution in [-0.4, -0.2) is 35.5 Å². The van der Waals surface area contributed by atoms with Gasteiger partial charge in [-0.25, -0.2) is 12.8 Å². The molecule has 1 fully saturated rings. The van der Waals surface area contributed by atoms with Crippen LogP contribution in [-0.2, 0) is 9.84 Å². The number of halogens is 1. The van der Waals surface area contributed by atoms with Crippen LogP contribution in [0, 0.1) is 19.7 Å². The molecule has 2 aromatic rings. The van der Waals surface area contributed by atoms with Crippen LogP contribution in [0.3, 0.4) is 0 Å². The molecule has 25 heavy (non-hydrogen) atoms. The number of carbonyl (C=O) groups is 1. The second-order valence-corrected chi connectivity index (χ2v) is 8.52. The summed E-state index contributed by atoms with van der Waals surface area (Å²) in [6, 6.07) is 5.22. The van der Waals surface area contributed by atoms with E-state index in [0.717, 1.165) is 17.0 Å². The Hall–Kier alpha value is -2.28. The molecule has 132 valence electrons. The van der Waals surface area contributed by atoms with Gasteiger partial charge in [0.2, 0.25) is 0 Å². The van der Waals surface area contributed by atoms with Crippen molar-refractivity contribution in [3.63, 3.8) is 0 Å². The van der Waals surface area contributed by atoms with E-state index in [0.29, 0.717) is 12.0 Å². The lowest BCUT2D eigenvalue weighted by atomic mass is 10.1. The Labute approximate surface area is 146 Å². The van der Waals surface area contributed by atoms with E-state index in [4.69, 9.17) is 0 Å². The van der Waals surface area contributed by atoms with Gasteiger partial charge in [0, 0.05) is 16.8 Å². The van der Waals surface area contributed by atoms with Crippen molar-refractivity contribution in [1.82, 2.24) is 9.78 Å². The van der Waals surface area contributed by atoms with Crippen LogP contribution in [0.4, 0.5) is 4.39 Å². The minimum Gasteiger partial charge on any atom is -0.289 e. The molecule has 2 heterocycles. The highest BCUT2D eigenvalue weighted by Gasteiger charge is 2.31. The number of ketones is 1. The average molecular weight is 362 g/mol. The molecule has 1 atom stereocenters.